The van der Waals surface area contributed by atoms with Gasteiger partial charge in [0.1, 0.15) is 23.8 Å². The van der Waals surface area contributed by atoms with Crippen LogP contribution in [0, 0.1) is 0 Å². The summed E-state index contributed by atoms with van der Waals surface area (Å²) < 4.78 is 16.4. The first kappa shape index (κ1) is 18.8. The Hall–Kier alpha value is -3.55. The summed E-state index contributed by atoms with van der Waals surface area (Å²) in [6.07, 6.45) is 1.30. The molecule has 8 heteroatoms. The fraction of sp³-hybridized carbons (Fsp3) is 0.286. The van der Waals surface area contributed by atoms with Gasteiger partial charge < -0.3 is 24.1 Å². The van der Waals surface area contributed by atoms with E-state index in [0.29, 0.717) is 18.8 Å². The third-order valence-corrected chi connectivity index (χ3v) is 4.91. The van der Waals surface area contributed by atoms with Gasteiger partial charge in [-0.05, 0) is 42.0 Å². The van der Waals surface area contributed by atoms with Crippen LogP contribution in [0.1, 0.15) is 23.3 Å². The van der Waals surface area contributed by atoms with Crippen molar-refractivity contribution in [3.8, 4) is 11.5 Å². The normalized spacial score (nSPS) is 16.6. The SMILES string of the molecule is COc1ccc2ccc(OCc3nc(C(=O)N4CCNC(=O)[C@H]4C)co3)cc2c1. The summed E-state index contributed by atoms with van der Waals surface area (Å²) in [7, 11) is 1.63. The van der Waals surface area contributed by atoms with E-state index in [1.54, 1.807) is 14.0 Å². The van der Waals surface area contributed by atoms with Crippen molar-refractivity contribution in [2.75, 3.05) is 20.2 Å². The van der Waals surface area contributed by atoms with Crippen LogP contribution in [-0.2, 0) is 11.4 Å². The van der Waals surface area contributed by atoms with Gasteiger partial charge in [0.2, 0.25) is 11.8 Å². The van der Waals surface area contributed by atoms with Crippen LogP contribution in [0.25, 0.3) is 10.8 Å². The minimum absolute atomic E-state index is 0.0821. The third-order valence-electron chi connectivity index (χ3n) is 4.91. The zero-order valence-electron chi connectivity index (χ0n) is 16.2. The fourth-order valence-corrected chi connectivity index (χ4v) is 3.25. The summed E-state index contributed by atoms with van der Waals surface area (Å²) in [4.78, 5) is 30.1. The van der Waals surface area contributed by atoms with E-state index in [1.807, 2.05) is 36.4 Å². The Morgan fingerprint density at radius 2 is 2.00 bits per heavy atom. The van der Waals surface area contributed by atoms with Crippen molar-refractivity contribution < 1.29 is 23.5 Å². The number of carbonyl (C=O) groups excluding carboxylic acids is 2. The van der Waals surface area contributed by atoms with Gasteiger partial charge in [-0.15, -0.1) is 0 Å². The number of nitrogens with zero attached hydrogens (tertiary/aromatic N) is 2. The lowest BCUT2D eigenvalue weighted by Gasteiger charge is -2.32. The molecule has 8 nitrogen and oxygen atoms in total. The topological polar surface area (TPSA) is 93.9 Å². The number of methoxy groups -OCH3 is 1. The van der Waals surface area contributed by atoms with Crippen LogP contribution in [0.5, 0.6) is 11.5 Å². The summed E-state index contributed by atoms with van der Waals surface area (Å²) in [5.41, 5.74) is 0.161. The van der Waals surface area contributed by atoms with Crippen molar-refractivity contribution >= 4 is 22.6 Å². The van der Waals surface area contributed by atoms with E-state index in [-0.39, 0.29) is 30.0 Å². The molecule has 1 aliphatic rings. The number of ether oxygens (including phenoxy) is 2. The number of hydrogen-bond acceptors (Lipinski definition) is 6. The van der Waals surface area contributed by atoms with Crippen molar-refractivity contribution in [1.29, 1.82) is 0 Å². The highest BCUT2D eigenvalue weighted by Gasteiger charge is 2.31. The number of fused-ring (bicyclic) bond motifs is 1. The molecule has 1 aromatic heterocycles. The number of piperazine rings is 1. The molecule has 1 aliphatic heterocycles. The second-order valence-electron chi connectivity index (χ2n) is 6.76. The van der Waals surface area contributed by atoms with Gasteiger partial charge in [0.15, 0.2) is 12.3 Å². The monoisotopic (exact) mass is 395 g/mol. The van der Waals surface area contributed by atoms with Gasteiger partial charge in [-0.1, -0.05) is 12.1 Å². The van der Waals surface area contributed by atoms with Gasteiger partial charge in [0, 0.05) is 13.1 Å². The molecule has 2 aromatic carbocycles. The maximum atomic E-state index is 12.6. The maximum Gasteiger partial charge on any atom is 0.276 e. The first-order chi connectivity index (χ1) is 14.0. The average Bonchev–Trinajstić information content (AvgIpc) is 3.22. The van der Waals surface area contributed by atoms with Crippen LogP contribution in [-0.4, -0.2) is 47.9 Å². The Kier molecular flexibility index (Phi) is 5.07. The lowest BCUT2D eigenvalue weighted by molar-refractivity contribution is -0.127. The zero-order chi connectivity index (χ0) is 20.4. The molecule has 2 heterocycles. The second-order valence-corrected chi connectivity index (χ2v) is 6.76. The zero-order valence-corrected chi connectivity index (χ0v) is 16.2. The molecule has 4 rings (SSSR count). The summed E-state index contributed by atoms with van der Waals surface area (Å²) in [5.74, 6) is 1.20. The van der Waals surface area contributed by atoms with Crippen molar-refractivity contribution in [3.63, 3.8) is 0 Å². The molecule has 0 spiro atoms. The first-order valence-electron chi connectivity index (χ1n) is 9.29. The number of benzene rings is 2. The van der Waals surface area contributed by atoms with Gasteiger partial charge in [-0.3, -0.25) is 9.59 Å². The van der Waals surface area contributed by atoms with E-state index in [4.69, 9.17) is 13.9 Å². The highest BCUT2D eigenvalue weighted by molar-refractivity contribution is 5.96. The molecule has 0 radical (unpaired) electrons. The highest BCUT2D eigenvalue weighted by Crippen LogP contribution is 2.25. The Morgan fingerprint density at radius 1 is 1.24 bits per heavy atom. The number of rotatable bonds is 5. The molecular weight excluding hydrogens is 374 g/mol. The third kappa shape index (κ3) is 3.87. The maximum absolute atomic E-state index is 12.6. The molecule has 3 aromatic rings. The number of oxazole rings is 1. The van der Waals surface area contributed by atoms with Crippen molar-refractivity contribution in [1.82, 2.24) is 15.2 Å². The Bertz CT molecular complexity index is 1060. The lowest BCUT2D eigenvalue weighted by Crippen LogP contribution is -2.55. The van der Waals surface area contributed by atoms with E-state index in [0.717, 1.165) is 16.5 Å². The number of aromatic nitrogens is 1. The first-order valence-corrected chi connectivity index (χ1v) is 9.29. The highest BCUT2D eigenvalue weighted by atomic mass is 16.5. The van der Waals surface area contributed by atoms with Crippen molar-refractivity contribution in [3.05, 3.63) is 54.2 Å². The summed E-state index contributed by atoms with van der Waals surface area (Å²) in [6.45, 7) is 2.63. The average molecular weight is 395 g/mol. The predicted octanol–water partition coefficient (Wildman–Crippen LogP) is 2.38. The molecule has 29 heavy (non-hydrogen) atoms. The summed E-state index contributed by atoms with van der Waals surface area (Å²) in [6, 6.07) is 11.0. The molecule has 1 atom stereocenters. The second kappa shape index (κ2) is 7.83. The largest absolute Gasteiger partial charge is 0.497 e. The van der Waals surface area contributed by atoms with Gasteiger partial charge in [-0.2, -0.15) is 0 Å². The van der Waals surface area contributed by atoms with Crippen LogP contribution >= 0.6 is 0 Å². The molecule has 2 amide bonds. The van der Waals surface area contributed by atoms with E-state index < -0.39 is 6.04 Å². The predicted molar refractivity (Wildman–Crippen MR) is 105 cm³/mol. The van der Waals surface area contributed by atoms with Gasteiger partial charge in [0.25, 0.3) is 5.91 Å². The van der Waals surface area contributed by atoms with Crippen LogP contribution in [0.4, 0.5) is 0 Å². The molecular formula is C21H21N3O5. The van der Waals surface area contributed by atoms with Crippen molar-refractivity contribution in [2.24, 2.45) is 0 Å². The molecule has 0 aliphatic carbocycles. The van der Waals surface area contributed by atoms with E-state index in [9.17, 15) is 9.59 Å². The van der Waals surface area contributed by atoms with E-state index in [1.165, 1.54) is 11.2 Å². The molecule has 150 valence electrons. The summed E-state index contributed by atoms with van der Waals surface area (Å²) >= 11 is 0. The lowest BCUT2D eigenvalue weighted by atomic mass is 10.1. The smallest absolute Gasteiger partial charge is 0.276 e. The van der Waals surface area contributed by atoms with Crippen LogP contribution in [0.15, 0.2) is 47.1 Å². The van der Waals surface area contributed by atoms with Gasteiger partial charge in [-0.25, -0.2) is 4.98 Å². The van der Waals surface area contributed by atoms with Crippen LogP contribution in [0.2, 0.25) is 0 Å². The van der Waals surface area contributed by atoms with Gasteiger partial charge in [0.05, 0.1) is 7.11 Å². The number of carbonyl (C=O) groups is 2. The quantitative estimate of drug-likeness (QED) is 0.713. The minimum Gasteiger partial charge on any atom is -0.497 e. The number of amides is 2. The molecule has 1 fully saturated rings. The van der Waals surface area contributed by atoms with Crippen LogP contribution < -0.4 is 14.8 Å². The molecule has 1 N–H and O–H groups in total. The summed E-state index contributed by atoms with van der Waals surface area (Å²) in [5, 5.41) is 4.79. The standard InChI is InChI=1S/C21H21N3O5/c1-13-20(25)22-7-8-24(13)21(26)18-11-29-19(23-18)12-28-17-6-4-14-3-5-16(27-2)9-15(14)10-17/h3-6,9-11,13H,7-8,12H2,1-2H3,(H,22,25)/t13-/m1/s1. The number of nitrogens with one attached hydrogen (secondary N) is 1. The minimum atomic E-state index is -0.540. The van der Waals surface area contributed by atoms with Crippen LogP contribution in [0.3, 0.4) is 0 Å². The molecule has 1 saturated heterocycles. The van der Waals surface area contributed by atoms with E-state index >= 15 is 0 Å². The Morgan fingerprint density at radius 3 is 2.79 bits per heavy atom. The van der Waals surface area contributed by atoms with Gasteiger partial charge >= 0.3 is 0 Å². The fourth-order valence-electron chi connectivity index (χ4n) is 3.25. The number of hydrogen-bond donors (Lipinski definition) is 1. The Labute approximate surface area is 167 Å². The molecule has 0 saturated carbocycles. The molecule has 0 bridgehead atoms. The van der Waals surface area contributed by atoms with Crippen molar-refractivity contribution in [2.45, 2.75) is 19.6 Å². The Balaban J connectivity index is 1.43. The molecule has 0 unspecified atom stereocenters. The van der Waals surface area contributed by atoms with E-state index in [2.05, 4.69) is 10.3 Å².